The van der Waals surface area contributed by atoms with Crippen molar-refractivity contribution in [1.29, 1.82) is 5.41 Å². The molecule has 1 N–H and O–H groups in total. The molecule has 0 bridgehead atoms. The van der Waals surface area contributed by atoms with Gasteiger partial charge >= 0.3 is 0 Å². The summed E-state index contributed by atoms with van der Waals surface area (Å²) in [5, 5.41) is 8.90. The van der Waals surface area contributed by atoms with Crippen molar-refractivity contribution < 1.29 is 8.42 Å². The van der Waals surface area contributed by atoms with Gasteiger partial charge in [-0.05, 0) is 50.1 Å². The van der Waals surface area contributed by atoms with Crippen LogP contribution in [0.25, 0.3) is 16.7 Å². The molecule has 0 unspecified atom stereocenters. The van der Waals surface area contributed by atoms with Gasteiger partial charge in [0.2, 0.25) is 9.84 Å². The standard InChI is InChI=1S/C22H22N4O3S/c1-4-15(3)26-19(23)18(30(28,29)16-10-6-5-7-11-16)13-17-21(26)24-20-14(2)9-8-12-25(20)22(17)27/h5-13,15,23H,4H2,1-3H3/t15-/m0/s1. The Bertz CT molecular complexity index is 1500. The Labute approximate surface area is 173 Å². The van der Waals surface area contributed by atoms with E-state index in [1.807, 2.05) is 26.8 Å². The van der Waals surface area contributed by atoms with E-state index in [1.54, 1.807) is 35.0 Å². The number of sulfone groups is 1. The zero-order valence-electron chi connectivity index (χ0n) is 17.0. The fourth-order valence-electron chi connectivity index (χ4n) is 3.58. The number of hydrogen-bond donors (Lipinski definition) is 1. The first-order valence-electron chi connectivity index (χ1n) is 9.69. The molecule has 0 amide bonds. The third kappa shape index (κ3) is 2.95. The molecule has 0 saturated heterocycles. The second kappa shape index (κ2) is 7.21. The highest BCUT2D eigenvalue weighted by molar-refractivity contribution is 7.91. The molecule has 7 nitrogen and oxygen atoms in total. The first-order valence-corrected chi connectivity index (χ1v) is 11.2. The average molecular weight is 423 g/mol. The summed E-state index contributed by atoms with van der Waals surface area (Å²) in [7, 11) is -3.99. The average Bonchev–Trinajstić information content (AvgIpc) is 2.74. The van der Waals surface area contributed by atoms with Gasteiger partial charge in [-0.25, -0.2) is 13.4 Å². The number of fused-ring (bicyclic) bond motifs is 2. The van der Waals surface area contributed by atoms with Gasteiger partial charge in [0.1, 0.15) is 21.7 Å². The van der Waals surface area contributed by atoms with Crippen molar-refractivity contribution in [2.75, 3.05) is 0 Å². The summed E-state index contributed by atoms with van der Waals surface area (Å²) in [4.78, 5) is 17.8. The Morgan fingerprint density at radius 2 is 1.80 bits per heavy atom. The molecule has 0 aliphatic heterocycles. The van der Waals surface area contributed by atoms with Crippen molar-refractivity contribution in [1.82, 2.24) is 14.0 Å². The van der Waals surface area contributed by atoms with Crippen LogP contribution in [0.15, 0.2) is 69.3 Å². The van der Waals surface area contributed by atoms with E-state index < -0.39 is 9.84 Å². The molecule has 4 rings (SSSR count). The second-order valence-electron chi connectivity index (χ2n) is 7.34. The predicted octanol–water partition coefficient (Wildman–Crippen LogP) is 3.24. The molecule has 0 radical (unpaired) electrons. The van der Waals surface area contributed by atoms with Crippen LogP contribution in [0.2, 0.25) is 0 Å². The molecule has 3 heterocycles. The summed E-state index contributed by atoms with van der Waals surface area (Å²) >= 11 is 0. The molecule has 30 heavy (non-hydrogen) atoms. The number of benzene rings is 1. The number of aromatic nitrogens is 3. The van der Waals surface area contributed by atoms with Gasteiger partial charge in [-0.3, -0.25) is 14.6 Å². The van der Waals surface area contributed by atoms with Gasteiger partial charge in [0.15, 0.2) is 0 Å². The van der Waals surface area contributed by atoms with Crippen molar-refractivity contribution in [2.24, 2.45) is 0 Å². The van der Waals surface area contributed by atoms with E-state index in [-0.39, 0.29) is 32.3 Å². The van der Waals surface area contributed by atoms with Crippen molar-refractivity contribution >= 4 is 26.5 Å². The Kier molecular flexibility index (Phi) is 4.82. The van der Waals surface area contributed by atoms with Crippen molar-refractivity contribution in [2.45, 2.75) is 43.0 Å². The van der Waals surface area contributed by atoms with Crippen molar-refractivity contribution in [3.63, 3.8) is 0 Å². The van der Waals surface area contributed by atoms with Crippen molar-refractivity contribution in [3.05, 3.63) is 76.1 Å². The van der Waals surface area contributed by atoms with Crippen molar-refractivity contribution in [3.8, 4) is 0 Å². The minimum absolute atomic E-state index is 0.0817. The molecule has 8 heteroatoms. The highest BCUT2D eigenvalue weighted by Gasteiger charge is 2.25. The van der Waals surface area contributed by atoms with Gasteiger partial charge in [-0.15, -0.1) is 0 Å². The smallest absolute Gasteiger partial charge is 0.267 e. The van der Waals surface area contributed by atoms with Crippen LogP contribution in [-0.2, 0) is 9.84 Å². The lowest BCUT2D eigenvalue weighted by Crippen LogP contribution is -2.31. The zero-order chi connectivity index (χ0) is 21.6. The molecule has 0 spiro atoms. The number of rotatable bonds is 4. The predicted molar refractivity (Wildman–Crippen MR) is 114 cm³/mol. The van der Waals surface area contributed by atoms with E-state index in [0.29, 0.717) is 17.7 Å². The number of aryl methyl sites for hydroxylation is 1. The van der Waals surface area contributed by atoms with Crippen LogP contribution in [0.4, 0.5) is 0 Å². The molecule has 3 aromatic heterocycles. The van der Waals surface area contributed by atoms with Crippen LogP contribution in [0.3, 0.4) is 0 Å². The quantitative estimate of drug-likeness (QED) is 0.511. The Morgan fingerprint density at radius 3 is 2.47 bits per heavy atom. The van der Waals surface area contributed by atoms with Crippen LogP contribution >= 0.6 is 0 Å². The van der Waals surface area contributed by atoms with Crippen LogP contribution in [0.1, 0.15) is 31.9 Å². The summed E-state index contributed by atoms with van der Waals surface area (Å²) < 4.78 is 29.6. The van der Waals surface area contributed by atoms with E-state index >= 15 is 0 Å². The second-order valence-corrected chi connectivity index (χ2v) is 9.26. The zero-order valence-corrected chi connectivity index (χ0v) is 17.8. The molecular formula is C22H22N4O3S. The number of hydrogen-bond acceptors (Lipinski definition) is 5. The monoisotopic (exact) mass is 422 g/mol. The summed E-state index contributed by atoms with van der Waals surface area (Å²) in [6.07, 6.45) is 2.26. The Balaban J connectivity index is 2.21. The maximum Gasteiger partial charge on any atom is 0.267 e. The molecule has 4 aromatic rings. The van der Waals surface area contributed by atoms with Crippen LogP contribution < -0.4 is 11.0 Å². The Hall–Kier alpha value is -3.26. The lowest BCUT2D eigenvalue weighted by atomic mass is 10.2. The summed E-state index contributed by atoms with van der Waals surface area (Å²) in [6, 6.07) is 12.7. The molecule has 0 fully saturated rings. The molecule has 1 aromatic carbocycles. The number of nitrogens with one attached hydrogen (secondary N) is 1. The SMILES string of the molecule is CC[C@H](C)n1c(=N)c(S(=O)(=O)c2ccccc2)cc2c(=O)n3cccc(C)c3nc21. The van der Waals surface area contributed by atoms with E-state index in [4.69, 9.17) is 5.41 Å². The largest absolute Gasteiger partial charge is 0.307 e. The summed E-state index contributed by atoms with van der Waals surface area (Å²) in [5.41, 5.74) is 1.09. The minimum atomic E-state index is -3.99. The maximum atomic E-state index is 13.3. The lowest BCUT2D eigenvalue weighted by molar-refractivity contribution is 0.508. The van der Waals surface area contributed by atoms with Gasteiger partial charge in [-0.2, -0.15) is 0 Å². The van der Waals surface area contributed by atoms with Crippen LogP contribution in [0.5, 0.6) is 0 Å². The van der Waals surface area contributed by atoms with Gasteiger partial charge in [0, 0.05) is 12.2 Å². The topological polar surface area (TPSA) is 97.3 Å². The molecule has 1 atom stereocenters. The maximum absolute atomic E-state index is 13.3. The molecule has 0 aliphatic rings. The highest BCUT2D eigenvalue weighted by atomic mass is 32.2. The number of nitrogens with zero attached hydrogens (tertiary/aromatic N) is 3. The fourth-order valence-corrected chi connectivity index (χ4v) is 4.97. The van der Waals surface area contributed by atoms with Crippen LogP contribution in [0, 0.1) is 12.3 Å². The highest BCUT2D eigenvalue weighted by Crippen LogP contribution is 2.23. The third-order valence-electron chi connectivity index (χ3n) is 5.42. The minimum Gasteiger partial charge on any atom is -0.307 e. The third-order valence-corrected chi connectivity index (χ3v) is 7.20. The normalized spacial score (nSPS) is 13.0. The summed E-state index contributed by atoms with van der Waals surface area (Å²) in [5.74, 6) is 0. The molecule has 154 valence electrons. The summed E-state index contributed by atoms with van der Waals surface area (Å²) in [6.45, 7) is 5.69. The van der Waals surface area contributed by atoms with E-state index in [1.165, 1.54) is 22.6 Å². The first kappa shape index (κ1) is 20.0. The van der Waals surface area contributed by atoms with Gasteiger partial charge in [0.25, 0.3) is 5.56 Å². The van der Waals surface area contributed by atoms with E-state index in [0.717, 1.165) is 5.56 Å². The number of pyridine rings is 2. The molecule has 0 aliphatic carbocycles. The Morgan fingerprint density at radius 1 is 1.10 bits per heavy atom. The fraction of sp³-hybridized carbons (Fsp3) is 0.227. The van der Waals surface area contributed by atoms with Gasteiger partial charge in [-0.1, -0.05) is 31.2 Å². The first-order chi connectivity index (χ1) is 14.3. The molecular weight excluding hydrogens is 400 g/mol. The molecule has 0 saturated carbocycles. The lowest BCUT2D eigenvalue weighted by Gasteiger charge is -2.19. The van der Waals surface area contributed by atoms with Gasteiger partial charge < -0.3 is 4.57 Å². The van der Waals surface area contributed by atoms with Crippen LogP contribution in [-0.4, -0.2) is 22.4 Å². The van der Waals surface area contributed by atoms with E-state index in [2.05, 4.69) is 4.98 Å². The van der Waals surface area contributed by atoms with E-state index in [9.17, 15) is 13.2 Å². The van der Waals surface area contributed by atoms with Gasteiger partial charge in [0.05, 0.1) is 10.3 Å².